The van der Waals surface area contributed by atoms with E-state index >= 15 is 0 Å². The van der Waals surface area contributed by atoms with Crippen LogP contribution < -0.4 is 11.1 Å². The average molecular weight is 459 g/mol. The highest BCUT2D eigenvalue weighted by molar-refractivity contribution is 7.89. The van der Waals surface area contributed by atoms with Gasteiger partial charge in [-0.25, -0.2) is 8.42 Å². The first kappa shape index (κ1) is 22.0. The minimum atomic E-state index is -3.31. The topological polar surface area (TPSA) is 119 Å². The number of amides is 1. The van der Waals surface area contributed by atoms with Gasteiger partial charge in [0.1, 0.15) is 5.76 Å². The Morgan fingerprint density at radius 2 is 1.70 bits per heavy atom. The molecule has 3 N–H and O–H groups in total. The smallest absolute Gasteiger partial charge is 0.273 e. The highest BCUT2D eigenvalue weighted by Gasteiger charge is 2.49. The molecule has 1 aromatic rings. The van der Waals surface area contributed by atoms with Crippen LogP contribution in [0.5, 0.6) is 0 Å². The fraction of sp³-hybridized carbons (Fsp3) is 0.800. The Morgan fingerprint density at radius 1 is 1.07 bits per heavy atom. The summed E-state index contributed by atoms with van der Waals surface area (Å²) in [5, 5.41) is 6.68. The molecule has 1 amide bonds. The lowest BCUT2D eigenvalue weighted by Gasteiger charge is -2.40. The minimum absolute atomic E-state index is 0. The Bertz CT molecular complexity index is 865. The van der Waals surface area contributed by atoms with Crippen molar-refractivity contribution in [3.8, 4) is 0 Å². The average Bonchev–Trinajstić information content (AvgIpc) is 3.34. The van der Waals surface area contributed by atoms with E-state index in [0.29, 0.717) is 37.3 Å². The molecule has 2 saturated carbocycles. The van der Waals surface area contributed by atoms with Gasteiger partial charge in [-0.2, -0.15) is 4.31 Å². The number of nitrogens with two attached hydrogens (primary N) is 1. The van der Waals surface area contributed by atoms with E-state index in [0.717, 1.165) is 44.3 Å². The molecule has 0 spiro atoms. The summed E-state index contributed by atoms with van der Waals surface area (Å²) in [5.74, 6) is 0.994. The second kappa shape index (κ2) is 8.41. The van der Waals surface area contributed by atoms with E-state index in [-0.39, 0.29) is 47.7 Å². The maximum Gasteiger partial charge on any atom is 0.273 e. The zero-order valence-corrected chi connectivity index (χ0v) is 18.7. The Hall–Kier alpha value is -1.16. The number of halogens is 1. The number of nitrogens with one attached hydrogen (secondary N) is 1. The standard InChI is InChI=1S/C20H30N4O4S.ClH/c21-13-3-7-17(8-4-13)29(26,27)24-15-5-6-16(24)10-14(9-15)22-20(25)18-11-19(28-23-18)12-1-2-12;/h11-17H,1-10,21H2,(H,22,25);1H/t13?,14?,15-,16+,17?;. The summed E-state index contributed by atoms with van der Waals surface area (Å²) in [7, 11) is -3.31. The van der Waals surface area contributed by atoms with Gasteiger partial charge in [-0.1, -0.05) is 5.16 Å². The van der Waals surface area contributed by atoms with Gasteiger partial charge in [0.25, 0.3) is 5.91 Å². The summed E-state index contributed by atoms with van der Waals surface area (Å²) in [6, 6.07) is 1.83. The Morgan fingerprint density at radius 3 is 2.30 bits per heavy atom. The molecule has 4 fully saturated rings. The molecule has 168 valence electrons. The summed E-state index contributed by atoms with van der Waals surface area (Å²) in [6.07, 6.45) is 8.17. The molecule has 30 heavy (non-hydrogen) atoms. The molecule has 2 bridgehead atoms. The molecular weight excluding hydrogens is 428 g/mol. The summed E-state index contributed by atoms with van der Waals surface area (Å²) < 4.78 is 33.7. The van der Waals surface area contributed by atoms with Gasteiger partial charge in [0.05, 0.1) is 5.25 Å². The lowest BCUT2D eigenvalue weighted by atomic mass is 9.96. The first-order valence-electron chi connectivity index (χ1n) is 11.0. The van der Waals surface area contributed by atoms with Crippen molar-refractivity contribution in [1.82, 2.24) is 14.8 Å². The molecule has 3 heterocycles. The molecule has 8 nitrogen and oxygen atoms in total. The van der Waals surface area contributed by atoms with E-state index in [4.69, 9.17) is 10.3 Å². The number of fused-ring (bicyclic) bond motifs is 2. The lowest BCUT2D eigenvalue weighted by Crippen LogP contribution is -2.55. The number of sulfonamides is 1. The summed E-state index contributed by atoms with van der Waals surface area (Å²) >= 11 is 0. The van der Waals surface area contributed by atoms with E-state index in [1.165, 1.54) is 0 Å². The van der Waals surface area contributed by atoms with Crippen LogP contribution in [0.25, 0.3) is 0 Å². The molecule has 2 saturated heterocycles. The molecule has 2 aliphatic carbocycles. The van der Waals surface area contributed by atoms with Crippen molar-refractivity contribution >= 4 is 28.3 Å². The molecule has 2 aliphatic heterocycles. The third-order valence-electron chi connectivity index (χ3n) is 7.18. The van der Waals surface area contributed by atoms with E-state index in [2.05, 4.69) is 10.5 Å². The fourth-order valence-electron chi connectivity index (χ4n) is 5.44. The fourth-order valence-corrected chi connectivity index (χ4v) is 7.87. The molecule has 4 aliphatic rings. The largest absolute Gasteiger partial charge is 0.360 e. The summed E-state index contributed by atoms with van der Waals surface area (Å²) in [4.78, 5) is 12.6. The van der Waals surface area contributed by atoms with Gasteiger partial charge in [-0.15, -0.1) is 12.4 Å². The number of hydrogen-bond donors (Lipinski definition) is 2. The summed E-state index contributed by atoms with van der Waals surface area (Å²) in [5.41, 5.74) is 6.29. The van der Waals surface area contributed by atoms with E-state index in [1.54, 1.807) is 10.4 Å². The van der Waals surface area contributed by atoms with Crippen molar-refractivity contribution in [2.45, 2.75) is 99.5 Å². The third-order valence-corrected chi connectivity index (χ3v) is 9.67. The van der Waals surface area contributed by atoms with Crippen molar-refractivity contribution < 1.29 is 17.7 Å². The van der Waals surface area contributed by atoms with Gasteiger partial charge < -0.3 is 15.6 Å². The van der Waals surface area contributed by atoms with E-state index < -0.39 is 10.0 Å². The molecule has 1 aromatic heterocycles. The lowest BCUT2D eigenvalue weighted by molar-refractivity contribution is 0.0899. The second-order valence-corrected chi connectivity index (χ2v) is 11.4. The first-order chi connectivity index (χ1) is 13.9. The molecule has 0 aromatic carbocycles. The van der Waals surface area contributed by atoms with Crippen LogP contribution in [0.3, 0.4) is 0 Å². The van der Waals surface area contributed by atoms with Crippen LogP contribution in [0.4, 0.5) is 0 Å². The van der Waals surface area contributed by atoms with Gasteiger partial charge in [0, 0.05) is 36.2 Å². The number of aromatic nitrogens is 1. The van der Waals surface area contributed by atoms with Crippen molar-refractivity contribution in [2.75, 3.05) is 0 Å². The molecular formula is C20H31ClN4O4S. The number of carbonyl (C=O) groups is 1. The number of hydrogen-bond acceptors (Lipinski definition) is 6. The van der Waals surface area contributed by atoms with Crippen LogP contribution >= 0.6 is 12.4 Å². The van der Waals surface area contributed by atoms with E-state index in [9.17, 15) is 13.2 Å². The van der Waals surface area contributed by atoms with Crippen LogP contribution in [0.1, 0.15) is 86.4 Å². The minimum Gasteiger partial charge on any atom is -0.360 e. The van der Waals surface area contributed by atoms with Gasteiger partial charge >= 0.3 is 0 Å². The molecule has 5 rings (SSSR count). The van der Waals surface area contributed by atoms with Crippen molar-refractivity contribution in [1.29, 1.82) is 0 Å². The maximum atomic E-state index is 13.3. The van der Waals surface area contributed by atoms with Gasteiger partial charge in [0.2, 0.25) is 10.0 Å². The highest BCUT2D eigenvalue weighted by Crippen LogP contribution is 2.41. The number of nitrogens with zero attached hydrogens (tertiary/aromatic N) is 2. The van der Waals surface area contributed by atoms with Crippen LogP contribution in [0.2, 0.25) is 0 Å². The van der Waals surface area contributed by atoms with Crippen LogP contribution in [0.15, 0.2) is 10.6 Å². The predicted octanol–water partition coefficient (Wildman–Crippen LogP) is 2.30. The molecule has 1 unspecified atom stereocenters. The predicted molar refractivity (Wildman–Crippen MR) is 114 cm³/mol. The van der Waals surface area contributed by atoms with Crippen LogP contribution in [-0.2, 0) is 10.0 Å². The van der Waals surface area contributed by atoms with Crippen molar-refractivity contribution in [2.24, 2.45) is 5.73 Å². The molecule has 3 atom stereocenters. The molecule has 0 radical (unpaired) electrons. The third kappa shape index (κ3) is 4.13. The van der Waals surface area contributed by atoms with Gasteiger partial charge in [0.15, 0.2) is 5.69 Å². The normalized spacial score (nSPS) is 34.4. The second-order valence-electron chi connectivity index (χ2n) is 9.33. The number of carbonyl (C=O) groups excluding carboxylic acids is 1. The van der Waals surface area contributed by atoms with Gasteiger partial charge in [-0.05, 0) is 64.2 Å². The van der Waals surface area contributed by atoms with Gasteiger partial charge in [-0.3, -0.25) is 4.79 Å². The quantitative estimate of drug-likeness (QED) is 0.698. The number of rotatable bonds is 5. The van der Waals surface area contributed by atoms with Crippen LogP contribution in [-0.4, -0.2) is 53.2 Å². The van der Waals surface area contributed by atoms with E-state index in [1.807, 2.05) is 0 Å². The highest BCUT2D eigenvalue weighted by atomic mass is 35.5. The monoisotopic (exact) mass is 458 g/mol. The SMILES string of the molecule is Cl.NC1CCC(S(=O)(=O)N2[C@@H]3CC[C@H]2CC(NC(=O)c2cc(C4CC4)on2)C3)CC1. The van der Waals surface area contributed by atoms with Crippen molar-refractivity contribution in [3.63, 3.8) is 0 Å². The first-order valence-corrected chi connectivity index (χ1v) is 12.5. The number of piperidine rings is 1. The molecule has 10 heteroatoms. The Labute approximate surface area is 183 Å². The Balaban J connectivity index is 0.00000218. The zero-order valence-electron chi connectivity index (χ0n) is 17.0. The zero-order chi connectivity index (χ0) is 20.2. The van der Waals surface area contributed by atoms with Crippen LogP contribution in [0, 0.1) is 0 Å². The Kier molecular flexibility index (Phi) is 6.18. The van der Waals surface area contributed by atoms with Crippen molar-refractivity contribution in [3.05, 3.63) is 17.5 Å². The maximum absolute atomic E-state index is 13.3. The summed E-state index contributed by atoms with van der Waals surface area (Å²) in [6.45, 7) is 0.